The Hall–Kier alpha value is -2.90. The Bertz CT molecular complexity index is 1090. The van der Waals surface area contributed by atoms with E-state index < -0.39 is 0 Å². The lowest BCUT2D eigenvalue weighted by molar-refractivity contribution is 0.103. The Morgan fingerprint density at radius 2 is 2.15 bits per heavy atom. The summed E-state index contributed by atoms with van der Waals surface area (Å²) >= 11 is 7.61. The highest BCUT2D eigenvalue weighted by Gasteiger charge is 2.12. The SMILES string of the molecule is COc1ccc2nc(-c3ccc(Cl)c(NC(=O)c4cccs4)c3)cn2n1. The molecule has 130 valence electrons. The highest BCUT2D eigenvalue weighted by Crippen LogP contribution is 2.29. The largest absolute Gasteiger partial charge is 0.480 e. The van der Waals surface area contributed by atoms with Crippen molar-refractivity contribution < 1.29 is 9.53 Å². The van der Waals surface area contributed by atoms with Crippen molar-refractivity contribution in [1.29, 1.82) is 0 Å². The van der Waals surface area contributed by atoms with Gasteiger partial charge in [-0.3, -0.25) is 4.79 Å². The number of carbonyl (C=O) groups excluding carboxylic acids is 1. The van der Waals surface area contributed by atoms with Crippen LogP contribution in [0.5, 0.6) is 5.88 Å². The van der Waals surface area contributed by atoms with Crippen molar-refractivity contribution in [3.8, 4) is 17.1 Å². The summed E-state index contributed by atoms with van der Waals surface area (Å²) in [5.74, 6) is 0.307. The van der Waals surface area contributed by atoms with Gasteiger partial charge in [0.25, 0.3) is 5.91 Å². The number of aromatic nitrogens is 3. The summed E-state index contributed by atoms with van der Waals surface area (Å²) < 4.78 is 6.77. The standard InChI is InChI=1S/C18H13ClN4O2S/c1-25-17-7-6-16-20-14(10-23(16)22-17)11-4-5-12(19)13(9-11)21-18(24)15-3-2-8-26-15/h2-10H,1H3,(H,21,24). The predicted molar refractivity (Wildman–Crippen MR) is 102 cm³/mol. The smallest absolute Gasteiger partial charge is 0.265 e. The number of anilines is 1. The zero-order chi connectivity index (χ0) is 18.1. The van der Waals surface area contributed by atoms with E-state index in [0.717, 1.165) is 5.56 Å². The lowest BCUT2D eigenvalue weighted by Crippen LogP contribution is -2.10. The number of carbonyl (C=O) groups is 1. The maximum atomic E-state index is 12.3. The first-order chi connectivity index (χ1) is 12.6. The minimum atomic E-state index is -0.194. The summed E-state index contributed by atoms with van der Waals surface area (Å²) in [5.41, 5.74) is 2.76. The number of halogens is 1. The Kier molecular flexibility index (Phi) is 4.32. The van der Waals surface area contributed by atoms with E-state index >= 15 is 0 Å². The first kappa shape index (κ1) is 16.6. The third kappa shape index (κ3) is 3.14. The van der Waals surface area contributed by atoms with E-state index in [4.69, 9.17) is 16.3 Å². The lowest BCUT2D eigenvalue weighted by Gasteiger charge is -2.07. The summed E-state index contributed by atoms with van der Waals surface area (Å²) in [6.07, 6.45) is 1.80. The van der Waals surface area contributed by atoms with E-state index in [1.165, 1.54) is 11.3 Å². The molecule has 3 aromatic heterocycles. The van der Waals surface area contributed by atoms with Gasteiger partial charge in [-0.1, -0.05) is 23.7 Å². The summed E-state index contributed by atoms with van der Waals surface area (Å²) in [5, 5.41) is 9.46. The number of rotatable bonds is 4. The Labute approximate surface area is 158 Å². The Balaban J connectivity index is 1.68. The molecule has 1 aromatic carbocycles. The van der Waals surface area contributed by atoms with Gasteiger partial charge in [0.2, 0.25) is 5.88 Å². The van der Waals surface area contributed by atoms with Crippen molar-refractivity contribution in [3.05, 3.63) is 63.9 Å². The first-order valence-electron chi connectivity index (χ1n) is 7.69. The van der Waals surface area contributed by atoms with Gasteiger partial charge in [-0.15, -0.1) is 16.4 Å². The third-order valence-electron chi connectivity index (χ3n) is 3.76. The van der Waals surface area contributed by atoms with Crippen LogP contribution in [0.3, 0.4) is 0 Å². The molecule has 0 saturated carbocycles. The Morgan fingerprint density at radius 3 is 2.92 bits per heavy atom. The van der Waals surface area contributed by atoms with Gasteiger partial charge in [0.1, 0.15) is 0 Å². The van der Waals surface area contributed by atoms with Crippen LogP contribution in [0.4, 0.5) is 5.69 Å². The van der Waals surface area contributed by atoms with Crippen LogP contribution in [-0.4, -0.2) is 27.6 Å². The van der Waals surface area contributed by atoms with Gasteiger partial charge in [0.05, 0.1) is 34.6 Å². The van der Waals surface area contributed by atoms with E-state index in [1.54, 1.807) is 42.1 Å². The van der Waals surface area contributed by atoms with Gasteiger partial charge < -0.3 is 10.1 Å². The molecule has 6 nitrogen and oxygen atoms in total. The molecule has 0 saturated heterocycles. The monoisotopic (exact) mass is 384 g/mol. The Morgan fingerprint density at radius 1 is 1.27 bits per heavy atom. The van der Waals surface area contributed by atoms with Crippen molar-refractivity contribution in [2.45, 2.75) is 0 Å². The van der Waals surface area contributed by atoms with Crippen LogP contribution in [0.25, 0.3) is 16.9 Å². The van der Waals surface area contributed by atoms with Crippen molar-refractivity contribution >= 4 is 40.2 Å². The fourth-order valence-corrected chi connectivity index (χ4v) is 3.27. The molecule has 0 radical (unpaired) electrons. The molecule has 0 aliphatic carbocycles. The van der Waals surface area contributed by atoms with E-state index in [2.05, 4.69) is 15.4 Å². The van der Waals surface area contributed by atoms with Gasteiger partial charge in [-0.05, 0) is 29.6 Å². The molecule has 4 aromatic rings. The number of fused-ring (bicyclic) bond motifs is 1. The van der Waals surface area contributed by atoms with E-state index in [-0.39, 0.29) is 5.91 Å². The van der Waals surface area contributed by atoms with Gasteiger partial charge >= 0.3 is 0 Å². The highest BCUT2D eigenvalue weighted by atomic mass is 35.5. The summed E-state index contributed by atoms with van der Waals surface area (Å²) in [7, 11) is 1.56. The fourth-order valence-electron chi connectivity index (χ4n) is 2.48. The van der Waals surface area contributed by atoms with E-state index in [1.807, 2.05) is 23.6 Å². The number of thiophene rings is 1. The minimum absolute atomic E-state index is 0.194. The van der Waals surface area contributed by atoms with Crippen molar-refractivity contribution in [1.82, 2.24) is 14.6 Å². The average molecular weight is 385 g/mol. The van der Waals surface area contributed by atoms with Crippen molar-refractivity contribution in [2.24, 2.45) is 0 Å². The number of hydrogen-bond donors (Lipinski definition) is 1. The summed E-state index contributed by atoms with van der Waals surface area (Å²) in [4.78, 5) is 17.5. The van der Waals surface area contributed by atoms with Crippen LogP contribution in [-0.2, 0) is 0 Å². The molecule has 0 bridgehead atoms. The predicted octanol–water partition coefficient (Wildman–Crippen LogP) is 4.37. The van der Waals surface area contributed by atoms with E-state index in [0.29, 0.717) is 32.8 Å². The zero-order valence-corrected chi connectivity index (χ0v) is 15.2. The van der Waals surface area contributed by atoms with Gasteiger partial charge in [-0.2, -0.15) is 0 Å². The second-order valence-electron chi connectivity index (χ2n) is 5.43. The van der Waals surface area contributed by atoms with Crippen LogP contribution in [0, 0.1) is 0 Å². The average Bonchev–Trinajstić information content (AvgIpc) is 3.32. The first-order valence-corrected chi connectivity index (χ1v) is 8.95. The number of imidazole rings is 1. The molecule has 3 heterocycles. The third-order valence-corrected chi connectivity index (χ3v) is 4.96. The molecule has 8 heteroatoms. The number of benzene rings is 1. The van der Waals surface area contributed by atoms with Gasteiger partial charge in [-0.25, -0.2) is 9.50 Å². The highest BCUT2D eigenvalue weighted by molar-refractivity contribution is 7.12. The van der Waals surface area contributed by atoms with Crippen LogP contribution < -0.4 is 10.1 Å². The summed E-state index contributed by atoms with van der Waals surface area (Å²) in [6, 6.07) is 12.5. The van der Waals surface area contributed by atoms with E-state index in [9.17, 15) is 4.79 Å². The molecular formula is C18H13ClN4O2S. The molecule has 0 aliphatic heterocycles. The van der Waals surface area contributed by atoms with Crippen LogP contribution >= 0.6 is 22.9 Å². The molecule has 0 fully saturated rings. The number of hydrogen-bond acceptors (Lipinski definition) is 5. The molecule has 0 atom stereocenters. The van der Waals surface area contributed by atoms with Crippen LogP contribution in [0.1, 0.15) is 9.67 Å². The number of nitrogens with one attached hydrogen (secondary N) is 1. The number of methoxy groups -OCH3 is 1. The maximum Gasteiger partial charge on any atom is 0.265 e. The summed E-state index contributed by atoms with van der Waals surface area (Å²) in [6.45, 7) is 0. The topological polar surface area (TPSA) is 68.5 Å². The molecule has 1 amide bonds. The molecule has 0 unspecified atom stereocenters. The minimum Gasteiger partial charge on any atom is -0.480 e. The molecule has 4 rings (SSSR count). The normalized spacial score (nSPS) is 10.8. The molecule has 26 heavy (non-hydrogen) atoms. The maximum absolute atomic E-state index is 12.3. The zero-order valence-electron chi connectivity index (χ0n) is 13.6. The lowest BCUT2D eigenvalue weighted by atomic mass is 10.1. The van der Waals surface area contributed by atoms with Gasteiger partial charge in [0.15, 0.2) is 5.65 Å². The molecular weight excluding hydrogens is 372 g/mol. The number of amides is 1. The van der Waals surface area contributed by atoms with Crippen molar-refractivity contribution in [3.63, 3.8) is 0 Å². The quantitative estimate of drug-likeness (QED) is 0.567. The van der Waals surface area contributed by atoms with Crippen molar-refractivity contribution in [2.75, 3.05) is 12.4 Å². The molecule has 0 aliphatic rings. The van der Waals surface area contributed by atoms with Crippen LogP contribution in [0.15, 0.2) is 54.0 Å². The number of ether oxygens (including phenoxy) is 1. The van der Waals surface area contributed by atoms with Gasteiger partial charge in [0, 0.05) is 11.6 Å². The molecule has 1 N–H and O–H groups in total. The molecule has 0 spiro atoms. The number of nitrogens with zero attached hydrogens (tertiary/aromatic N) is 3. The van der Waals surface area contributed by atoms with Crippen LogP contribution in [0.2, 0.25) is 5.02 Å². The second-order valence-corrected chi connectivity index (χ2v) is 6.79. The fraction of sp³-hybridized carbons (Fsp3) is 0.0556. The second kappa shape index (κ2) is 6.78.